The fraction of sp³-hybridized carbons (Fsp3) is 0.500. The fourth-order valence-corrected chi connectivity index (χ4v) is 1.67. The highest BCUT2D eigenvalue weighted by Crippen LogP contribution is 2.40. The third kappa shape index (κ3) is 2.23. The number of hydrogen-bond acceptors (Lipinski definition) is 3. The van der Waals surface area contributed by atoms with Crippen molar-refractivity contribution in [2.75, 3.05) is 14.2 Å². The van der Waals surface area contributed by atoms with Crippen LogP contribution in [0.5, 0.6) is 11.5 Å². The molecule has 0 spiro atoms. The molecule has 3 nitrogen and oxygen atoms in total. The molecule has 0 bridgehead atoms. The highest BCUT2D eigenvalue weighted by molar-refractivity contribution is 5.41. The summed E-state index contributed by atoms with van der Waals surface area (Å²) in [5.41, 5.74) is 0.556. The van der Waals surface area contributed by atoms with E-state index in [9.17, 15) is 5.11 Å². The Morgan fingerprint density at radius 1 is 1.27 bits per heavy atom. The topological polar surface area (TPSA) is 38.7 Å². The third-order valence-electron chi connectivity index (χ3n) is 2.84. The normalized spacial score (nSPS) is 17.3. The fourth-order valence-electron chi connectivity index (χ4n) is 1.67. The molecule has 1 aliphatic carbocycles. The van der Waals surface area contributed by atoms with Gasteiger partial charge < -0.3 is 14.6 Å². The Morgan fingerprint density at radius 2 is 2.00 bits per heavy atom. The first-order valence-electron chi connectivity index (χ1n) is 5.10. The number of benzene rings is 1. The third-order valence-corrected chi connectivity index (χ3v) is 2.84. The Hall–Kier alpha value is -1.22. The van der Waals surface area contributed by atoms with E-state index < -0.39 is 5.60 Å². The van der Waals surface area contributed by atoms with E-state index >= 15 is 0 Å². The first kappa shape index (κ1) is 10.3. The summed E-state index contributed by atoms with van der Waals surface area (Å²) in [6, 6.07) is 5.69. The van der Waals surface area contributed by atoms with E-state index in [4.69, 9.17) is 9.47 Å². The van der Waals surface area contributed by atoms with Crippen LogP contribution < -0.4 is 9.47 Å². The molecule has 82 valence electrons. The van der Waals surface area contributed by atoms with Crippen molar-refractivity contribution in [2.24, 2.45) is 0 Å². The zero-order chi connectivity index (χ0) is 10.9. The standard InChI is InChI=1S/C12H16O3/c1-14-10-4-3-9(11(7-10)15-2)8-12(13)5-6-12/h3-4,7,13H,5-6,8H2,1-2H3. The lowest BCUT2D eigenvalue weighted by molar-refractivity contribution is 0.150. The predicted octanol–water partition coefficient (Wildman–Crippen LogP) is 1.77. The van der Waals surface area contributed by atoms with Crippen LogP contribution in [0.1, 0.15) is 18.4 Å². The van der Waals surface area contributed by atoms with E-state index in [1.807, 2.05) is 18.2 Å². The first-order chi connectivity index (χ1) is 7.17. The molecule has 0 unspecified atom stereocenters. The summed E-state index contributed by atoms with van der Waals surface area (Å²) in [7, 11) is 3.26. The molecule has 0 amide bonds. The van der Waals surface area contributed by atoms with E-state index in [-0.39, 0.29) is 0 Å². The molecule has 0 aromatic heterocycles. The summed E-state index contributed by atoms with van der Waals surface area (Å²) < 4.78 is 10.4. The second-order valence-electron chi connectivity index (χ2n) is 4.08. The molecular formula is C12H16O3. The maximum absolute atomic E-state index is 9.84. The average Bonchev–Trinajstić information content (AvgIpc) is 2.97. The van der Waals surface area contributed by atoms with Gasteiger partial charge >= 0.3 is 0 Å². The van der Waals surface area contributed by atoms with Gasteiger partial charge in [-0.1, -0.05) is 6.07 Å². The van der Waals surface area contributed by atoms with Gasteiger partial charge in [-0.25, -0.2) is 0 Å². The minimum absolute atomic E-state index is 0.484. The zero-order valence-electron chi connectivity index (χ0n) is 9.12. The van der Waals surface area contributed by atoms with Gasteiger partial charge in [0.15, 0.2) is 0 Å². The van der Waals surface area contributed by atoms with Crippen LogP contribution in [0.4, 0.5) is 0 Å². The second kappa shape index (κ2) is 3.74. The molecule has 0 aliphatic heterocycles. The van der Waals surface area contributed by atoms with Crippen molar-refractivity contribution < 1.29 is 14.6 Å². The van der Waals surface area contributed by atoms with Crippen molar-refractivity contribution >= 4 is 0 Å². The van der Waals surface area contributed by atoms with Crippen molar-refractivity contribution in [3.8, 4) is 11.5 Å². The number of methoxy groups -OCH3 is 2. The Labute approximate surface area is 89.6 Å². The van der Waals surface area contributed by atoms with Crippen LogP contribution in [0.15, 0.2) is 18.2 Å². The van der Waals surface area contributed by atoms with E-state index in [1.165, 1.54) is 0 Å². The van der Waals surface area contributed by atoms with E-state index in [2.05, 4.69) is 0 Å². The molecule has 0 atom stereocenters. The highest BCUT2D eigenvalue weighted by atomic mass is 16.5. The van der Waals surface area contributed by atoms with E-state index in [1.54, 1.807) is 14.2 Å². The van der Waals surface area contributed by atoms with Crippen molar-refractivity contribution in [1.29, 1.82) is 0 Å². The van der Waals surface area contributed by atoms with Gasteiger partial charge in [-0.05, 0) is 24.5 Å². The maximum Gasteiger partial charge on any atom is 0.125 e. The Bertz CT molecular complexity index is 356. The van der Waals surface area contributed by atoms with Gasteiger partial charge in [-0.3, -0.25) is 0 Å². The monoisotopic (exact) mass is 208 g/mol. The van der Waals surface area contributed by atoms with Crippen LogP contribution in [-0.2, 0) is 6.42 Å². The van der Waals surface area contributed by atoms with Crippen molar-refractivity contribution in [3.63, 3.8) is 0 Å². The molecule has 1 N–H and O–H groups in total. The number of aliphatic hydroxyl groups is 1. The van der Waals surface area contributed by atoms with Gasteiger partial charge in [0.2, 0.25) is 0 Å². The predicted molar refractivity (Wildman–Crippen MR) is 57.4 cm³/mol. The number of ether oxygens (including phenoxy) is 2. The first-order valence-corrected chi connectivity index (χ1v) is 5.10. The van der Waals surface area contributed by atoms with Gasteiger partial charge in [0, 0.05) is 12.5 Å². The minimum atomic E-state index is -0.484. The second-order valence-corrected chi connectivity index (χ2v) is 4.08. The van der Waals surface area contributed by atoms with Crippen LogP contribution in [0.3, 0.4) is 0 Å². The lowest BCUT2D eigenvalue weighted by Gasteiger charge is -2.13. The van der Waals surface area contributed by atoms with Crippen LogP contribution in [0.2, 0.25) is 0 Å². The molecule has 1 aromatic rings. The van der Waals surface area contributed by atoms with Crippen LogP contribution in [-0.4, -0.2) is 24.9 Å². The molecule has 0 saturated heterocycles. The Kier molecular flexibility index (Phi) is 2.57. The van der Waals surface area contributed by atoms with Gasteiger partial charge in [-0.2, -0.15) is 0 Å². The summed E-state index contributed by atoms with van der Waals surface area (Å²) in [6.45, 7) is 0. The van der Waals surface area contributed by atoms with Crippen molar-refractivity contribution in [1.82, 2.24) is 0 Å². The molecule has 1 aliphatic rings. The average molecular weight is 208 g/mol. The zero-order valence-corrected chi connectivity index (χ0v) is 9.12. The molecular weight excluding hydrogens is 192 g/mol. The van der Waals surface area contributed by atoms with Crippen molar-refractivity contribution in [2.45, 2.75) is 24.9 Å². The molecule has 1 saturated carbocycles. The van der Waals surface area contributed by atoms with Gasteiger partial charge in [0.1, 0.15) is 11.5 Å². The SMILES string of the molecule is COc1ccc(CC2(O)CC2)c(OC)c1. The lowest BCUT2D eigenvalue weighted by atomic mass is 10.1. The Morgan fingerprint density at radius 3 is 2.53 bits per heavy atom. The Balaban J connectivity index is 2.22. The summed E-state index contributed by atoms with van der Waals surface area (Å²) in [6.07, 6.45) is 2.45. The largest absolute Gasteiger partial charge is 0.497 e. The minimum Gasteiger partial charge on any atom is -0.497 e. The van der Waals surface area contributed by atoms with Crippen LogP contribution >= 0.6 is 0 Å². The van der Waals surface area contributed by atoms with Crippen LogP contribution in [0.25, 0.3) is 0 Å². The summed E-state index contributed by atoms with van der Waals surface area (Å²) >= 11 is 0. The lowest BCUT2D eigenvalue weighted by Crippen LogP contribution is -2.11. The quantitative estimate of drug-likeness (QED) is 0.819. The molecule has 3 heteroatoms. The number of rotatable bonds is 4. The van der Waals surface area contributed by atoms with Crippen molar-refractivity contribution in [3.05, 3.63) is 23.8 Å². The van der Waals surface area contributed by atoms with Crippen LogP contribution in [0, 0.1) is 0 Å². The highest BCUT2D eigenvalue weighted by Gasteiger charge is 2.40. The van der Waals surface area contributed by atoms with Gasteiger partial charge in [-0.15, -0.1) is 0 Å². The molecule has 15 heavy (non-hydrogen) atoms. The van der Waals surface area contributed by atoms with Gasteiger partial charge in [0.25, 0.3) is 0 Å². The van der Waals surface area contributed by atoms with Gasteiger partial charge in [0.05, 0.1) is 19.8 Å². The molecule has 1 fully saturated rings. The number of hydrogen-bond donors (Lipinski definition) is 1. The summed E-state index contributed by atoms with van der Waals surface area (Å²) in [5.74, 6) is 1.56. The molecule has 0 heterocycles. The smallest absolute Gasteiger partial charge is 0.125 e. The maximum atomic E-state index is 9.84. The molecule has 0 radical (unpaired) electrons. The van der Waals surface area contributed by atoms with E-state index in [0.717, 1.165) is 29.9 Å². The molecule has 1 aromatic carbocycles. The molecule has 2 rings (SSSR count). The van der Waals surface area contributed by atoms with E-state index in [0.29, 0.717) is 6.42 Å². The summed E-state index contributed by atoms with van der Waals surface area (Å²) in [4.78, 5) is 0. The summed E-state index contributed by atoms with van der Waals surface area (Å²) in [5, 5.41) is 9.84.